The second-order valence-corrected chi connectivity index (χ2v) is 8.80. The van der Waals surface area contributed by atoms with Crippen LogP contribution in [0.3, 0.4) is 0 Å². The van der Waals surface area contributed by atoms with E-state index in [1.165, 1.54) is 16.0 Å². The Labute approximate surface area is 177 Å². The summed E-state index contributed by atoms with van der Waals surface area (Å²) in [7, 11) is 1.61. The zero-order valence-corrected chi connectivity index (χ0v) is 18.5. The Bertz CT molecular complexity index is 861. The van der Waals surface area contributed by atoms with Gasteiger partial charge in [-0.3, -0.25) is 9.59 Å². The molecule has 5 nitrogen and oxygen atoms in total. The van der Waals surface area contributed by atoms with E-state index in [4.69, 9.17) is 4.74 Å². The van der Waals surface area contributed by atoms with E-state index in [2.05, 4.69) is 30.5 Å². The fraction of sp³-hybridized carbons (Fsp3) is 0.478. The molecule has 0 radical (unpaired) electrons. The summed E-state index contributed by atoms with van der Waals surface area (Å²) < 4.78 is 5.15. The van der Waals surface area contributed by atoms with Gasteiger partial charge in [0.15, 0.2) is 0 Å². The van der Waals surface area contributed by atoms with Crippen molar-refractivity contribution in [2.45, 2.75) is 33.2 Å². The van der Waals surface area contributed by atoms with Crippen molar-refractivity contribution in [2.75, 3.05) is 33.4 Å². The Morgan fingerprint density at radius 1 is 1.24 bits per heavy atom. The molecule has 1 aliphatic rings. The average molecular weight is 415 g/mol. The first kappa shape index (κ1) is 21.5. The molecule has 2 heterocycles. The summed E-state index contributed by atoms with van der Waals surface area (Å²) in [4.78, 5) is 31.0. The number of fused-ring (bicyclic) bond motifs is 1. The summed E-state index contributed by atoms with van der Waals surface area (Å²) in [5.74, 6) is -0.187. The zero-order valence-electron chi connectivity index (χ0n) is 17.7. The number of aryl methyl sites for hydroxylation is 1. The SMILES string of the molecule is COCCN(CC(=O)N1CCc2sccc2C1c1ccccc1C)C(=O)C(C)C. The summed E-state index contributed by atoms with van der Waals surface area (Å²) in [6.07, 6.45) is 0.858. The number of rotatable bonds is 7. The first-order valence-corrected chi connectivity index (χ1v) is 11.0. The van der Waals surface area contributed by atoms with Crippen molar-refractivity contribution >= 4 is 23.2 Å². The van der Waals surface area contributed by atoms with Gasteiger partial charge in [0, 0.05) is 31.0 Å². The van der Waals surface area contributed by atoms with Gasteiger partial charge in [-0.1, -0.05) is 38.1 Å². The second kappa shape index (κ2) is 9.55. The van der Waals surface area contributed by atoms with Crippen LogP contribution in [-0.2, 0) is 20.7 Å². The molecule has 156 valence electrons. The molecular formula is C23H30N2O3S. The largest absolute Gasteiger partial charge is 0.383 e. The number of thiophene rings is 1. The van der Waals surface area contributed by atoms with Gasteiger partial charge in [-0.05, 0) is 41.5 Å². The summed E-state index contributed by atoms with van der Waals surface area (Å²) in [6.45, 7) is 7.41. The molecule has 1 atom stereocenters. The first-order chi connectivity index (χ1) is 13.9. The number of amides is 2. The van der Waals surface area contributed by atoms with Crippen molar-refractivity contribution in [3.8, 4) is 0 Å². The number of methoxy groups -OCH3 is 1. The molecule has 0 saturated heterocycles. The molecule has 1 aromatic heterocycles. The maximum atomic E-state index is 13.4. The highest BCUT2D eigenvalue weighted by Crippen LogP contribution is 2.38. The van der Waals surface area contributed by atoms with Crippen LogP contribution in [0.25, 0.3) is 0 Å². The minimum absolute atomic E-state index is 0.0137. The molecule has 1 aromatic carbocycles. The molecule has 0 spiro atoms. The third-order valence-electron chi connectivity index (χ3n) is 5.47. The standard InChI is InChI=1S/C23H30N2O3S/c1-16(2)23(27)24(12-13-28-4)15-21(26)25-11-9-20-19(10-14-29-20)22(25)18-8-6-5-7-17(18)3/h5-8,10,14,16,22H,9,11-13,15H2,1-4H3. The van der Waals surface area contributed by atoms with Crippen LogP contribution < -0.4 is 0 Å². The lowest BCUT2D eigenvalue weighted by molar-refractivity contribution is -0.143. The number of carbonyl (C=O) groups is 2. The van der Waals surface area contributed by atoms with E-state index in [0.29, 0.717) is 19.7 Å². The highest BCUT2D eigenvalue weighted by Gasteiger charge is 2.34. The Morgan fingerprint density at radius 3 is 2.69 bits per heavy atom. The quantitative estimate of drug-likeness (QED) is 0.695. The number of ether oxygens (including phenoxy) is 1. The molecule has 1 aliphatic heterocycles. The molecule has 1 unspecified atom stereocenters. The van der Waals surface area contributed by atoms with Crippen molar-refractivity contribution in [1.29, 1.82) is 0 Å². The molecule has 0 fully saturated rings. The van der Waals surface area contributed by atoms with Crippen LogP contribution in [0.1, 0.15) is 41.5 Å². The smallest absolute Gasteiger partial charge is 0.242 e. The Hall–Kier alpha value is -2.18. The van der Waals surface area contributed by atoms with Gasteiger partial charge in [0.2, 0.25) is 11.8 Å². The predicted molar refractivity (Wildman–Crippen MR) is 116 cm³/mol. The van der Waals surface area contributed by atoms with Crippen molar-refractivity contribution in [3.05, 3.63) is 57.3 Å². The third-order valence-corrected chi connectivity index (χ3v) is 6.46. The van der Waals surface area contributed by atoms with Gasteiger partial charge in [0.1, 0.15) is 0 Å². The molecule has 29 heavy (non-hydrogen) atoms. The fourth-order valence-electron chi connectivity index (χ4n) is 3.90. The monoisotopic (exact) mass is 414 g/mol. The second-order valence-electron chi connectivity index (χ2n) is 7.80. The lowest BCUT2D eigenvalue weighted by Gasteiger charge is -2.38. The van der Waals surface area contributed by atoms with Gasteiger partial charge >= 0.3 is 0 Å². The van der Waals surface area contributed by atoms with Crippen LogP contribution in [0.2, 0.25) is 0 Å². The summed E-state index contributed by atoms with van der Waals surface area (Å²) >= 11 is 1.76. The maximum Gasteiger partial charge on any atom is 0.242 e. The van der Waals surface area contributed by atoms with Crippen molar-refractivity contribution in [1.82, 2.24) is 9.80 Å². The van der Waals surface area contributed by atoms with Crippen LogP contribution >= 0.6 is 11.3 Å². The normalized spacial score (nSPS) is 16.0. The first-order valence-electron chi connectivity index (χ1n) is 10.1. The summed E-state index contributed by atoms with van der Waals surface area (Å²) in [5, 5.41) is 2.11. The summed E-state index contributed by atoms with van der Waals surface area (Å²) in [5.41, 5.74) is 3.53. The lowest BCUT2D eigenvalue weighted by atomic mass is 9.90. The molecule has 0 bridgehead atoms. The average Bonchev–Trinajstić information content (AvgIpc) is 3.19. The Balaban J connectivity index is 1.90. The molecule has 3 rings (SSSR count). The highest BCUT2D eigenvalue weighted by atomic mass is 32.1. The fourth-order valence-corrected chi connectivity index (χ4v) is 4.81. The lowest BCUT2D eigenvalue weighted by Crippen LogP contribution is -2.48. The van der Waals surface area contributed by atoms with Gasteiger partial charge < -0.3 is 14.5 Å². The Kier molecular flexibility index (Phi) is 7.09. The number of nitrogens with zero attached hydrogens (tertiary/aromatic N) is 2. The van der Waals surface area contributed by atoms with Crippen molar-refractivity contribution in [2.24, 2.45) is 5.92 Å². The van der Waals surface area contributed by atoms with E-state index < -0.39 is 0 Å². The zero-order chi connectivity index (χ0) is 21.0. The van der Waals surface area contributed by atoms with Gasteiger partial charge in [0.05, 0.1) is 19.2 Å². The van der Waals surface area contributed by atoms with E-state index >= 15 is 0 Å². The van der Waals surface area contributed by atoms with E-state index in [1.807, 2.05) is 30.9 Å². The van der Waals surface area contributed by atoms with E-state index in [1.54, 1.807) is 23.3 Å². The van der Waals surface area contributed by atoms with Crippen molar-refractivity contribution in [3.63, 3.8) is 0 Å². The minimum Gasteiger partial charge on any atom is -0.383 e. The van der Waals surface area contributed by atoms with Crippen LogP contribution in [0, 0.1) is 12.8 Å². The molecule has 6 heteroatoms. The van der Waals surface area contributed by atoms with Gasteiger partial charge in [-0.25, -0.2) is 0 Å². The number of hydrogen-bond donors (Lipinski definition) is 0. The minimum atomic E-state index is -0.156. The van der Waals surface area contributed by atoms with E-state index in [9.17, 15) is 9.59 Å². The molecule has 0 aliphatic carbocycles. The predicted octanol–water partition coefficient (Wildman–Crippen LogP) is 3.66. The molecule has 2 amide bonds. The highest BCUT2D eigenvalue weighted by molar-refractivity contribution is 7.10. The van der Waals surface area contributed by atoms with Gasteiger partial charge in [0.25, 0.3) is 0 Å². The summed E-state index contributed by atoms with van der Waals surface area (Å²) in [6, 6.07) is 10.3. The van der Waals surface area contributed by atoms with Crippen molar-refractivity contribution < 1.29 is 14.3 Å². The maximum absolute atomic E-state index is 13.4. The number of carbonyl (C=O) groups excluding carboxylic acids is 2. The van der Waals surface area contributed by atoms with Gasteiger partial charge in [-0.2, -0.15) is 0 Å². The van der Waals surface area contributed by atoms with Crippen LogP contribution in [0.15, 0.2) is 35.7 Å². The van der Waals surface area contributed by atoms with E-state index in [0.717, 1.165) is 12.0 Å². The Morgan fingerprint density at radius 2 is 2.00 bits per heavy atom. The molecule has 0 saturated carbocycles. The molecular weight excluding hydrogens is 384 g/mol. The molecule has 2 aromatic rings. The number of benzene rings is 1. The van der Waals surface area contributed by atoms with Crippen LogP contribution in [0.4, 0.5) is 0 Å². The van der Waals surface area contributed by atoms with Gasteiger partial charge in [-0.15, -0.1) is 11.3 Å². The van der Waals surface area contributed by atoms with Crippen LogP contribution in [0.5, 0.6) is 0 Å². The number of hydrogen-bond acceptors (Lipinski definition) is 4. The van der Waals surface area contributed by atoms with Crippen LogP contribution in [-0.4, -0.2) is 55.0 Å². The molecule has 0 N–H and O–H groups in total. The third kappa shape index (κ3) is 4.70. The topological polar surface area (TPSA) is 49.9 Å². The van der Waals surface area contributed by atoms with E-state index in [-0.39, 0.29) is 30.3 Å².